The molecule has 2 N–H and O–H groups in total. The molecule has 0 aliphatic rings. The van der Waals surface area contributed by atoms with Crippen LogP contribution in [0, 0.1) is 0 Å². The minimum Gasteiger partial charge on any atom is -0.495 e. The van der Waals surface area contributed by atoms with Crippen molar-refractivity contribution in [2.24, 2.45) is 0 Å². The molecule has 0 aliphatic carbocycles. The number of carbonyl (C=O) groups excluding carboxylic acids is 2. The number of nitrogens with one attached hydrogen (secondary N) is 2. The molecule has 0 bridgehead atoms. The number of hydrogen-bond donors (Lipinski definition) is 2. The van der Waals surface area contributed by atoms with Crippen LogP contribution in [-0.4, -0.2) is 32.6 Å². The predicted molar refractivity (Wildman–Crippen MR) is 94.9 cm³/mol. The van der Waals surface area contributed by atoms with E-state index in [9.17, 15) is 18.4 Å². The SMILES string of the molecule is COc1ccc(NC(=O)c2ccc(OC(F)F)c(OC)c2)cc1NC(C)=O. The van der Waals surface area contributed by atoms with Crippen LogP contribution in [0.5, 0.6) is 17.2 Å². The molecular formula is C18H18F2N2O5. The van der Waals surface area contributed by atoms with Crippen LogP contribution in [0.25, 0.3) is 0 Å². The predicted octanol–water partition coefficient (Wildman–Crippen LogP) is 3.52. The maximum atomic E-state index is 12.4. The summed E-state index contributed by atoms with van der Waals surface area (Å²) in [4.78, 5) is 23.7. The number of alkyl halides is 2. The van der Waals surface area contributed by atoms with Crippen molar-refractivity contribution in [3.63, 3.8) is 0 Å². The van der Waals surface area contributed by atoms with E-state index in [1.807, 2.05) is 0 Å². The minimum atomic E-state index is -3.01. The second-order valence-electron chi connectivity index (χ2n) is 5.29. The first-order valence-electron chi connectivity index (χ1n) is 7.74. The van der Waals surface area contributed by atoms with Crippen molar-refractivity contribution in [2.75, 3.05) is 24.9 Å². The Morgan fingerprint density at radius 3 is 2.19 bits per heavy atom. The van der Waals surface area contributed by atoms with Crippen molar-refractivity contribution in [3.05, 3.63) is 42.0 Å². The van der Waals surface area contributed by atoms with Crippen LogP contribution in [0.2, 0.25) is 0 Å². The molecule has 0 aromatic heterocycles. The van der Waals surface area contributed by atoms with Gasteiger partial charge in [-0.2, -0.15) is 8.78 Å². The molecule has 2 aromatic carbocycles. The van der Waals surface area contributed by atoms with Crippen molar-refractivity contribution in [1.82, 2.24) is 0 Å². The zero-order valence-corrected chi connectivity index (χ0v) is 14.8. The molecule has 0 saturated carbocycles. The van der Waals surface area contributed by atoms with Crippen molar-refractivity contribution < 1.29 is 32.6 Å². The molecule has 2 aromatic rings. The van der Waals surface area contributed by atoms with Gasteiger partial charge in [-0.1, -0.05) is 0 Å². The lowest BCUT2D eigenvalue weighted by Crippen LogP contribution is -2.13. The van der Waals surface area contributed by atoms with Crippen molar-refractivity contribution in [3.8, 4) is 17.2 Å². The summed E-state index contributed by atoms with van der Waals surface area (Å²) in [6.45, 7) is -1.66. The highest BCUT2D eigenvalue weighted by atomic mass is 19.3. The van der Waals surface area contributed by atoms with E-state index in [1.54, 1.807) is 12.1 Å². The monoisotopic (exact) mass is 380 g/mol. The number of halogens is 2. The molecule has 27 heavy (non-hydrogen) atoms. The largest absolute Gasteiger partial charge is 0.495 e. The Hall–Kier alpha value is -3.36. The van der Waals surface area contributed by atoms with Gasteiger partial charge in [0.05, 0.1) is 19.9 Å². The second-order valence-corrected chi connectivity index (χ2v) is 5.29. The van der Waals surface area contributed by atoms with Gasteiger partial charge in [0.2, 0.25) is 5.91 Å². The normalized spacial score (nSPS) is 10.3. The summed E-state index contributed by atoms with van der Waals surface area (Å²) in [6, 6.07) is 8.54. The molecule has 0 saturated heterocycles. The maximum absolute atomic E-state index is 12.4. The molecule has 0 fully saturated rings. The topological polar surface area (TPSA) is 85.9 Å². The fourth-order valence-corrected chi connectivity index (χ4v) is 2.28. The third-order valence-corrected chi connectivity index (χ3v) is 3.41. The van der Waals surface area contributed by atoms with Crippen LogP contribution in [-0.2, 0) is 4.79 Å². The van der Waals surface area contributed by atoms with Crippen LogP contribution in [0.15, 0.2) is 36.4 Å². The van der Waals surface area contributed by atoms with Gasteiger partial charge < -0.3 is 24.8 Å². The number of carbonyl (C=O) groups is 2. The van der Waals surface area contributed by atoms with Crippen LogP contribution in [0.3, 0.4) is 0 Å². The average Bonchev–Trinajstić information content (AvgIpc) is 2.61. The third kappa shape index (κ3) is 5.30. The van der Waals surface area contributed by atoms with Gasteiger partial charge in [-0.05, 0) is 36.4 Å². The highest BCUT2D eigenvalue weighted by molar-refractivity contribution is 6.05. The lowest BCUT2D eigenvalue weighted by molar-refractivity contribution is -0.114. The fourth-order valence-electron chi connectivity index (χ4n) is 2.28. The molecule has 0 unspecified atom stereocenters. The van der Waals surface area contributed by atoms with Crippen LogP contribution < -0.4 is 24.8 Å². The maximum Gasteiger partial charge on any atom is 0.387 e. The molecule has 0 aliphatic heterocycles. The van der Waals surface area contributed by atoms with E-state index >= 15 is 0 Å². The zero-order chi connectivity index (χ0) is 20.0. The average molecular weight is 380 g/mol. The van der Waals surface area contributed by atoms with Gasteiger partial charge in [0.15, 0.2) is 11.5 Å². The van der Waals surface area contributed by atoms with Gasteiger partial charge in [0.1, 0.15) is 5.75 Å². The molecular weight excluding hydrogens is 362 g/mol. The standard InChI is InChI=1S/C18H18F2N2O5/c1-10(23)21-13-9-12(5-7-14(13)25-2)22-17(24)11-4-6-15(27-18(19)20)16(8-11)26-3/h4-9,18H,1-3H3,(H,21,23)(H,22,24). The van der Waals surface area contributed by atoms with Crippen molar-refractivity contribution in [2.45, 2.75) is 13.5 Å². The van der Waals surface area contributed by atoms with Gasteiger partial charge >= 0.3 is 6.61 Å². The summed E-state index contributed by atoms with van der Waals surface area (Å²) < 4.78 is 39.2. The van der Waals surface area contributed by atoms with E-state index in [-0.39, 0.29) is 23.0 Å². The quantitative estimate of drug-likeness (QED) is 0.768. The molecule has 0 radical (unpaired) electrons. The molecule has 2 rings (SSSR count). The van der Waals surface area contributed by atoms with Gasteiger partial charge in [0.25, 0.3) is 5.91 Å². The minimum absolute atomic E-state index is 0.00313. The molecule has 0 spiro atoms. The van der Waals surface area contributed by atoms with Gasteiger partial charge in [-0.15, -0.1) is 0 Å². The zero-order valence-electron chi connectivity index (χ0n) is 14.8. The summed E-state index contributed by atoms with van der Waals surface area (Å²) in [5.74, 6) is -0.552. The number of methoxy groups -OCH3 is 2. The first kappa shape index (κ1) is 20.0. The van der Waals surface area contributed by atoms with E-state index in [0.29, 0.717) is 17.1 Å². The number of benzene rings is 2. The van der Waals surface area contributed by atoms with Gasteiger partial charge in [0, 0.05) is 18.2 Å². The first-order chi connectivity index (χ1) is 12.8. The lowest BCUT2D eigenvalue weighted by atomic mass is 10.1. The van der Waals surface area contributed by atoms with E-state index in [1.165, 1.54) is 45.4 Å². The first-order valence-corrected chi connectivity index (χ1v) is 7.74. The number of hydrogen-bond acceptors (Lipinski definition) is 5. The Balaban J connectivity index is 2.22. The summed E-state index contributed by atoms with van der Waals surface area (Å²) in [6.07, 6.45) is 0. The smallest absolute Gasteiger partial charge is 0.387 e. The Labute approximate surface area is 154 Å². The highest BCUT2D eigenvalue weighted by Gasteiger charge is 2.15. The van der Waals surface area contributed by atoms with Crippen LogP contribution >= 0.6 is 0 Å². The molecule has 9 heteroatoms. The molecule has 0 atom stereocenters. The summed E-state index contributed by atoms with van der Waals surface area (Å²) in [5.41, 5.74) is 0.961. The fraction of sp³-hybridized carbons (Fsp3) is 0.222. The van der Waals surface area contributed by atoms with E-state index in [2.05, 4.69) is 15.4 Å². The third-order valence-electron chi connectivity index (χ3n) is 3.41. The summed E-state index contributed by atoms with van der Waals surface area (Å²) in [7, 11) is 2.73. The second kappa shape index (κ2) is 8.84. The Morgan fingerprint density at radius 2 is 1.59 bits per heavy atom. The van der Waals surface area contributed by atoms with Gasteiger partial charge in [-0.3, -0.25) is 9.59 Å². The number of amides is 2. The molecule has 7 nitrogen and oxygen atoms in total. The van der Waals surface area contributed by atoms with Crippen LogP contribution in [0.1, 0.15) is 17.3 Å². The summed E-state index contributed by atoms with van der Waals surface area (Å²) >= 11 is 0. The van der Waals surface area contributed by atoms with Crippen molar-refractivity contribution in [1.29, 1.82) is 0 Å². The lowest BCUT2D eigenvalue weighted by Gasteiger charge is -2.13. The van der Waals surface area contributed by atoms with Gasteiger partial charge in [-0.25, -0.2) is 0 Å². The molecule has 2 amide bonds. The highest BCUT2D eigenvalue weighted by Crippen LogP contribution is 2.31. The Kier molecular flexibility index (Phi) is 6.53. The number of ether oxygens (including phenoxy) is 3. The van der Waals surface area contributed by atoms with E-state index in [0.717, 1.165) is 0 Å². The molecule has 0 heterocycles. The summed E-state index contributed by atoms with van der Waals surface area (Å²) in [5, 5.41) is 5.24. The van der Waals surface area contributed by atoms with Crippen molar-refractivity contribution >= 4 is 23.2 Å². The van der Waals surface area contributed by atoms with E-state index in [4.69, 9.17) is 9.47 Å². The Morgan fingerprint density at radius 1 is 0.926 bits per heavy atom. The van der Waals surface area contributed by atoms with Crippen LogP contribution in [0.4, 0.5) is 20.2 Å². The van der Waals surface area contributed by atoms with E-state index < -0.39 is 12.5 Å². The number of rotatable bonds is 7. The number of anilines is 2. The molecule has 144 valence electrons. The Bertz CT molecular complexity index is 842.